The summed E-state index contributed by atoms with van der Waals surface area (Å²) in [5.74, 6) is 0.565. The van der Waals surface area contributed by atoms with Gasteiger partial charge >= 0.3 is 0 Å². The highest BCUT2D eigenvalue weighted by Crippen LogP contribution is 2.23. The summed E-state index contributed by atoms with van der Waals surface area (Å²) in [4.78, 5) is 27.5. The smallest absolute Gasteiger partial charge is 0.251 e. The number of nitrogens with one attached hydrogen (secondary N) is 2. The largest absolute Gasteiger partial charge is 0.345 e. The predicted molar refractivity (Wildman–Crippen MR) is 73.2 cm³/mol. The maximum atomic E-state index is 12.1. The molecule has 0 bridgehead atoms. The van der Waals surface area contributed by atoms with Crippen molar-refractivity contribution in [3.63, 3.8) is 0 Å². The normalized spacial score (nSPS) is 12.9. The van der Waals surface area contributed by atoms with Crippen LogP contribution in [-0.2, 0) is 24.8 Å². The zero-order valence-electron chi connectivity index (χ0n) is 11.0. The van der Waals surface area contributed by atoms with Crippen LogP contribution >= 0.6 is 0 Å². The minimum atomic E-state index is -0.183. The van der Waals surface area contributed by atoms with Crippen LogP contribution in [0.25, 0.3) is 0 Å². The van der Waals surface area contributed by atoms with Crippen LogP contribution in [0.5, 0.6) is 0 Å². The number of aromatic nitrogens is 2. The van der Waals surface area contributed by atoms with Gasteiger partial charge in [0.25, 0.3) is 5.91 Å². The molecule has 2 N–H and O–H groups in total. The molecular weight excluding hydrogens is 256 g/mol. The number of aryl methyl sites for hydroxylation is 1. The first-order valence-corrected chi connectivity index (χ1v) is 6.30. The summed E-state index contributed by atoms with van der Waals surface area (Å²) in [6.45, 7) is 0.367. The number of benzene rings is 1. The highest BCUT2D eigenvalue weighted by molar-refractivity contribution is 6.02. The second-order valence-electron chi connectivity index (χ2n) is 4.73. The molecule has 1 aromatic heterocycles. The molecule has 2 aromatic rings. The fourth-order valence-electron chi connectivity index (χ4n) is 2.18. The Hall–Kier alpha value is -2.63. The van der Waals surface area contributed by atoms with Crippen molar-refractivity contribution in [3.05, 3.63) is 47.5 Å². The summed E-state index contributed by atoms with van der Waals surface area (Å²) in [5, 5.41) is 5.55. The van der Waals surface area contributed by atoms with Gasteiger partial charge in [-0.2, -0.15) is 0 Å². The molecule has 6 heteroatoms. The van der Waals surface area contributed by atoms with E-state index in [1.165, 1.54) is 0 Å². The highest BCUT2D eigenvalue weighted by atomic mass is 16.2. The molecule has 0 saturated carbocycles. The molecular formula is C14H14N4O2. The van der Waals surface area contributed by atoms with E-state index in [1.54, 1.807) is 18.3 Å². The van der Waals surface area contributed by atoms with Gasteiger partial charge in [-0.15, -0.1) is 0 Å². The molecule has 0 radical (unpaired) electrons. The third-order valence-electron chi connectivity index (χ3n) is 3.33. The van der Waals surface area contributed by atoms with Crippen LogP contribution in [0.15, 0.2) is 30.6 Å². The first-order valence-electron chi connectivity index (χ1n) is 6.30. The zero-order valence-corrected chi connectivity index (χ0v) is 11.0. The molecule has 0 unspecified atom stereocenters. The van der Waals surface area contributed by atoms with Gasteiger partial charge in [0.1, 0.15) is 5.82 Å². The van der Waals surface area contributed by atoms with Crippen molar-refractivity contribution in [3.8, 4) is 0 Å². The Labute approximate surface area is 115 Å². The molecule has 0 fully saturated rings. The maximum absolute atomic E-state index is 12.1. The number of anilines is 1. The number of hydrogen-bond acceptors (Lipinski definition) is 3. The molecule has 1 aliphatic heterocycles. The maximum Gasteiger partial charge on any atom is 0.251 e. The van der Waals surface area contributed by atoms with Gasteiger partial charge in [-0.3, -0.25) is 9.59 Å². The Bertz CT molecular complexity index is 690. The quantitative estimate of drug-likeness (QED) is 0.868. The van der Waals surface area contributed by atoms with E-state index in [2.05, 4.69) is 15.6 Å². The monoisotopic (exact) mass is 270 g/mol. The highest BCUT2D eigenvalue weighted by Gasteiger charge is 2.19. The SMILES string of the molecule is Cn1ccnc1CNC(=O)c1ccc2c(c1)NC(=O)C2. The molecule has 0 spiro atoms. The molecule has 3 rings (SSSR count). The summed E-state index contributed by atoms with van der Waals surface area (Å²) in [7, 11) is 1.87. The second kappa shape index (κ2) is 4.80. The van der Waals surface area contributed by atoms with E-state index in [4.69, 9.17) is 0 Å². The van der Waals surface area contributed by atoms with Crippen molar-refractivity contribution in [2.75, 3.05) is 5.32 Å². The van der Waals surface area contributed by atoms with Gasteiger partial charge in [-0.05, 0) is 17.7 Å². The van der Waals surface area contributed by atoms with Gasteiger partial charge in [0.15, 0.2) is 0 Å². The molecule has 2 amide bonds. The van der Waals surface area contributed by atoms with Crippen molar-refractivity contribution in [1.29, 1.82) is 0 Å². The van der Waals surface area contributed by atoms with Crippen LogP contribution in [0.3, 0.4) is 0 Å². The van der Waals surface area contributed by atoms with Crippen LogP contribution < -0.4 is 10.6 Å². The van der Waals surface area contributed by atoms with Crippen molar-refractivity contribution in [2.24, 2.45) is 7.05 Å². The average molecular weight is 270 g/mol. The zero-order chi connectivity index (χ0) is 14.1. The molecule has 0 saturated heterocycles. The van der Waals surface area contributed by atoms with Crippen LogP contribution in [0.4, 0.5) is 5.69 Å². The van der Waals surface area contributed by atoms with Gasteiger partial charge < -0.3 is 15.2 Å². The van der Waals surface area contributed by atoms with Crippen LogP contribution in [-0.4, -0.2) is 21.4 Å². The fraction of sp³-hybridized carbons (Fsp3) is 0.214. The van der Waals surface area contributed by atoms with Gasteiger partial charge in [-0.25, -0.2) is 4.98 Å². The number of hydrogen-bond donors (Lipinski definition) is 2. The van der Waals surface area contributed by atoms with Gasteiger partial charge in [-0.1, -0.05) is 6.07 Å². The lowest BCUT2D eigenvalue weighted by atomic mass is 10.1. The number of rotatable bonds is 3. The minimum Gasteiger partial charge on any atom is -0.345 e. The molecule has 20 heavy (non-hydrogen) atoms. The number of imidazole rings is 1. The molecule has 102 valence electrons. The lowest BCUT2D eigenvalue weighted by Crippen LogP contribution is -2.24. The van der Waals surface area contributed by atoms with E-state index in [9.17, 15) is 9.59 Å². The number of carbonyl (C=O) groups excluding carboxylic acids is 2. The molecule has 0 aliphatic carbocycles. The standard InChI is InChI=1S/C14H14N4O2/c1-18-5-4-15-12(18)8-16-14(20)10-3-2-9-7-13(19)17-11(9)6-10/h2-6H,7-8H2,1H3,(H,16,20)(H,17,19). The summed E-state index contributed by atoms with van der Waals surface area (Å²) in [5.41, 5.74) is 2.18. The summed E-state index contributed by atoms with van der Waals surface area (Å²) in [6.07, 6.45) is 3.89. The Morgan fingerprint density at radius 1 is 1.50 bits per heavy atom. The number of nitrogens with zero attached hydrogens (tertiary/aromatic N) is 2. The predicted octanol–water partition coefficient (Wildman–Crippen LogP) is 0.845. The van der Waals surface area contributed by atoms with Gasteiger partial charge in [0.05, 0.1) is 13.0 Å². The molecule has 1 aliphatic rings. The third kappa shape index (κ3) is 2.27. The molecule has 2 heterocycles. The van der Waals surface area contributed by atoms with Crippen molar-refractivity contribution in [1.82, 2.24) is 14.9 Å². The van der Waals surface area contributed by atoms with E-state index in [1.807, 2.05) is 23.9 Å². The summed E-state index contributed by atoms with van der Waals surface area (Å²) < 4.78 is 1.85. The summed E-state index contributed by atoms with van der Waals surface area (Å²) >= 11 is 0. The molecule has 1 aromatic carbocycles. The van der Waals surface area contributed by atoms with Gasteiger partial charge in [0, 0.05) is 30.7 Å². The van der Waals surface area contributed by atoms with Crippen molar-refractivity contribution in [2.45, 2.75) is 13.0 Å². The van der Waals surface area contributed by atoms with E-state index >= 15 is 0 Å². The van der Waals surface area contributed by atoms with Crippen LogP contribution in [0, 0.1) is 0 Å². The van der Waals surface area contributed by atoms with E-state index in [-0.39, 0.29) is 11.8 Å². The Kier molecular flexibility index (Phi) is 2.98. The van der Waals surface area contributed by atoms with E-state index in [0.29, 0.717) is 18.5 Å². The summed E-state index contributed by atoms with van der Waals surface area (Å²) in [6, 6.07) is 5.24. The third-order valence-corrected chi connectivity index (χ3v) is 3.33. The fourth-order valence-corrected chi connectivity index (χ4v) is 2.18. The Balaban J connectivity index is 1.70. The topological polar surface area (TPSA) is 76.0 Å². The van der Waals surface area contributed by atoms with Crippen LogP contribution in [0.2, 0.25) is 0 Å². The Morgan fingerprint density at radius 2 is 2.35 bits per heavy atom. The van der Waals surface area contributed by atoms with Crippen molar-refractivity contribution >= 4 is 17.5 Å². The average Bonchev–Trinajstić information content (AvgIpc) is 2.99. The first kappa shape index (κ1) is 12.4. The number of carbonyl (C=O) groups is 2. The Morgan fingerprint density at radius 3 is 3.10 bits per heavy atom. The van der Waals surface area contributed by atoms with E-state index in [0.717, 1.165) is 17.1 Å². The van der Waals surface area contributed by atoms with Crippen LogP contribution in [0.1, 0.15) is 21.7 Å². The minimum absolute atomic E-state index is 0.0365. The lowest BCUT2D eigenvalue weighted by Gasteiger charge is -2.07. The lowest BCUT2D eigenvalue weighted by molar-refractivity contribution is -0.115. The number of fused-ring (bicyclic) bond motifs is 1. The molecule has 0 atom stereocenters. The number of amides is 2. The molecule has 6 nitrogen and oxygen atoms in total. The van der Waals surface area contributed by atoms with Gasteiger partial charge in [0.2, 0.25) is 5.91 Å². The second-order valence-corrected chi connectivity index (χ2v) is 4.73. The first-order chi connectivity index (χ1) is 9.63. The van der Waals surface area contributed by atoms with E-state index < -0.39 is 0 Å². The van der Waals surface area contributed by atoms with Crippen molar-refractivity contribution < 1.29 is 9.59 Å².